The molecule has 0 aromatic carbocycles. The second-order valence-electron chi connectivity index (χ2n) is 2.12. The maximum absolute atomic E-state index is 10.6. The molecule has 1 heterocycles. The summed E-state index contributed by atoms with van der Waals surface area (Å²) in [5.74, 6) is -0.114. The average Bonchev–Trinajstić information content (AvgIpc) is 2.36. The molecule has 0 unspecified atom stereocenters. The number of aryl methyl sites for hydroxylation is 1. The van der Waals surface area contributed by atoms with Crippen LogP contribution in [-0.4, -0.2) is 21.4 Å². The van der Waals surface area contributed by atoms with Crippen LogP contribution in [0.2, 0.25) is 0 Å². The third kappa shape index (κ3) is 2.86. The van der Waals surface area contributed by atoms with Crippen LogP contribution in [0.15, 0.2) is 0 Å². The van der Waals surface area contributed by atoms with E-state index in [-0.39, 0.29) is 5.91 Å². The molecule has 1 rings (SSSR count). The van der Waals surface area contributed by atoms with E-state index in [0.29, 0.717) is 5.13 Å². The van der Waals surface area contributed by atoms with Gasteiger partial charge in [-0.25, -0.2) is 0 Å². The Bertz CT molecular complexity index is 276. The summed E-state index contributed by atoms with van der Waals surface area (Å²) in [4.78, 5) is 10.6. The molecule has 66 valence electrons. The number of carbonyl (C=O) groups excluding carboxylic acids is 1. The van der Waals surface area contributed by atoms with Crippen molar-refractivity contribution >= 4 is 38.3 Å². The molecule has 0 bridgehead atoms. The molecule has 0 saturated heterocycles. The smallest absolute Gasteiger partial charge is 0.223 e. The summed E-state index contributed by atoms with van der Waals surface area (Å²) in [6.07, 6.45) is 0.844. The molecule has 6 heteroatoms. The number of aromatic nitrogens is 2. The number of nitrogens with one attached hydrogen (secondary N) is 1. The fraction of sp³-hybridized carbons (Fsp3) is 0.500. The number of hydrogen-bond donors (Lipinski definition) is 1. The zero-order valence-corrected chi connectivity index (χ0v) is 8.91. The van der Waals surface area contributed by atoms with Gasteiger partial charge >= 0.3 is 0 Å². The SMILES string of the molecule is CC(=O)Nc1nnc(CCBr)s1. The molecule has 1 N–H and O–H groups in total. The average molecular weight is 250 g/mol. The van der Waals surface area contributed by atoms with E-state index in [4.69, 9.17) is 0 Å². The Hall–Kier alpha value is -0.490. The molecule has 0 atom stereocenters. The van der Waals surface area contributed by atoms with Crippen LogP contribution in [0.25, 0.3) is 0 Å². The van der Waals surface area contributed by atoms with Gasteiger partial charge in [-0.1, -0.05) is 27.3 Å². The summed E-state index contributed by atoms with van der Waals surface area (Å²) < 4.78 is 0. The number of halogens is 1. The Balaban J connectivity index is 2.58. The summed E-state index contributed by atoms with van der Waals surface area (Å²) in [6, 6.07) is 0. The van der Waals surface area contributed by atoms with Crippen molar-refractivity contribution in [3.8, 4) is 0 Å². The van der Waals surface area contributed by atoms with Crippen molar-refractivity contribution in [2.45, 2.75) is 13.3 Å². The minimum Gasteiger partial charge on any atom is -0.301 e. The summed E-state index contributed by atoms with van der Waals surface area (Å²) in [5, 5.41) is 12.6. The predicted octanol–water partition coefficient (Wildman–Crippen LogP) is 1.43. The third-order valence-corrected chi connectivity index (χ3v) is 2.35. The van der Waals surface area contributed by atoms with Crippen molar-refractivity contribution in [3.63, 3.8) is 0 Å². The topological polar surface area (TPSA) is 54.9 Å². The van der Waals surface area contributed by atoms with E-state index in [1.54, 1.807) is 0 Å². The van der Waals surface area contributed by atoms with Crippen molar-refractivity contribution in [2.75, 3.05) is 10.6 Å². The monoisotopic (exact) mass is 249 g/mol. The molecule has 1 aromatic rings. The van der Waals surface area contributed by atoms with Crippen LogP contribution < -0.4 is 5.32 Å². The zero-order chi connectivity index (χ0) is 8.97. The van der Waals surface area contributed by atoms with Gasteiger partial charge in [0.1, 0.15) is 5.01 Å². The zero-order valence-electron chi connectivity index (χ0n) is 6.50. The Kier molecular flexibility index (Phi) is 3.61. The number of nitrogens with zero attached hydrogens (tertiary/aromatic N) is 2. The highest BCUT2D eigenvalue weighted by atomic mass is 79.9. The van der Waals surface area contributed by atoms with Gasteiger partial charge in [0, 0.05) is 18.7 Å². The van der Waals surface area contributed by atoms with Crippen LogP contribution in [-0.2, 0) is 11.2 Å². The summed E-state index contributed by atoms with van der Waals surface area (Å²) in [5.41, 5.74) is 0. The second kappa shape index (κ2) is 4.51. The number of rotatable bonds is 3. The van der Waals surface area contributed by atoms with Gasteiger partial charge in [-0.15, -0.1) is 10.2 Å². The highest BCUT2D eigenvalue weighted by Gasteiger charge is 2.03. The molecule has 12 heavy (non-hydrogen) atoms. The van der Waals surface area contributed by atoms with Crippen LogP contribution in [0.1, 0.15) is 11.9 Å². The first-order chi connectivity index (χ1) is 5.72. The molecular weight excluding hydrogens is 242 g/mol. The van der Waals surface area contributed by atoms with E-state index >= 15 is 0 Å². The van der Waals surface area contributed by atoms with Crippen molar-refractivity contribution in [1.29, 1.82) is 0 Å². The van der Waals surface area contributed by atoms with Gasteiger partial charge < -0.3 is 5.32 Å². The molecule has 0 aliphatic carbocycles. The minimum atomic E-state index is -0.114. The Morgan fingerprint density at radius 2 is 2.42 bits per heavy atom. The van der Waals surface area contributed by atoms with Crippen LogP contribution >= 0.6 is 27.3 Å². The van der Waals surface area contributed by atoms with Crippen LogP contribution in [0, 0.1) is 0 Å². The lowest BCUT2D eigenvalue weighted by Gasteiger charge is -1.90. The fourth-order valence-corrected chi connectivity index (χ4v) is 2.06. The second-order valence-corrected chi connectivity index (χ2v) is 3.98. The van der Waals surface area contributed by atoms with Crippen molar-refractivity contribution in [3.05, 3.63) is 5.01 Å². The maximum atomic E-state index is 10.6. The lowest BCUT2D eigenvalue weighted by atomic mass is 10.5. The maximum Gasteiger partial charge on any atom is 0.223 e. The molecule has 4 nitrogen and oxygen atoms in total. The normalized spacial score (nSPS) is 9.83. The Labute approximate surface area is 82.5 Å². The molecule has 0 aliphatic heterocycles. The molecule has 0 spiro atoms. The van der Waals surface area contributed by atoms with Gasteiger partial charge in [0.15, 0.2) is 0 Å². The van der Waals surface area contributed by atoms with E-state index in [1.807, 2.05) is 0 Å². The summed E-state index contributed by atoms with van der Waals surface area (Å²) in [7, 11) is 0. The summed E-state index contributed by atoms with van der Waals surface area (Å²) in [6.45, 7) is 1.45. The first kappa shape index (κ1) is 9.60. The quantitative estimate of drug-likeness (QED) is 0.825. The first-order valence-corrected chi connectivity index (χ1v) is 5.32. The lowest BCUT2D eigenvalue weighted by Crippen LogP contribution is -2.04. The summed E-state index contributed by atoms with van der Waals surface area (Å²) >= 11 is 4.70. The number of carbonyl (C=O) groups is 1. The molecule has 0 radical (unpaired) electrons. The Morgan fingerprint density at radius 3 is 3.00 bits per heavy atom. The fourth-order valence-electron chi connectivity index (χ4n) is 0.637. The van der Waals surface area contributed by atoms with Gasteiger partial charge in [-0.05, 0) is 0 Å². The standard InChI is InChI=1S/C6H8BrN3OS/c1-4(11)8-6-10-9-5(12-6)2-3-7/h2-3H2,1H3,(H,8,10,11). The van der Waals surface area contributed by atoms with Crippen LogP contribution in [0.3, 0.4) is 0 Å². The lowest BCUT2D eigenvalue weighted by molar-refractivity contribution is -0.114. The van der Waals surface area contributed by atoms with E-state index in [2.05, 4.69) is 31.4 Å². The van der Waals surface area contributed by atoms with Gasteiger partial charge in [0.05, 0.1) is 0 Å². The number of anilines is 1. The van der Waals surface area contributed by atoms with Gasteiger partial charge in [0.2, 0.25) is 11.0 Å². The van der Waals surface area contributed by atoms with Crippen molar-refractivity contribution < 1.29 is 4.79 Å². The number of amides is 1. The van der Waals surface area contributed by atoms with Gasteiger partial charge in [-0.3, -0.25) is 4.79 Å². The van der Waals surface area contributed by atoms with Gasteiger partial charge in [-0.2, -0.15) is 0 Å². The van der Waals surface area contributed by atoms with E-state index in [0.717, 1.165) is 16.8 Å². The predicted molar refractivity (Wildman–Crippen MR) is 51.7 cm³/mol. The van der Waals surface area contributed by atoms with Crippen molar-refractivity contribution in [2.24, 2.45) is 0 Å². The molecular formula is C6H8BrN3OS. The number of hydrogen-bond acceptors (Lipinski definition) is 4. The first-order valence-electron chi connectivity index (χ1n) is 3.38. The molecule has 0 aliphatic rings. The van der Waals surface area contributed by atoms with E-state index in [1.165, 1.54) is 18.3 Å². The molecule has 1 aromatic heterocycles. The van der Waals surface area contributed by atoms with Crippen LogP contribution in [0.4, 0.5) is 5.13 Å². The van der Waals surface area contributed by atoms with E-state index in [9.17, 15) is 4.79 Å². The van der Waals surface area contributed by atoms with Gasteiger partial charge in [0.25, 0.3) is 0 Å². The molecule has 0 saturated carbocycles. The van der Waals surface area contributed by atoms with Crippen molar-refractivity contribution in [1.82, 2.24) is 10.2 Å². The third-order valence-electron chi connectivity index (χ3n) is 1.06. The largest absolute Gasteiger partial charge is 0.301 e. The molecule has 0 fully saturated rings. The highest BCUT2D eigenvalue weighted by molar-refractivity contribution is 9.09. The minimum absolute atomic E-state index is 0.114. The van der Waals surface area contributed by atoms with E-state index < -0.39 is 0 Å². The van der Waals surface area contributed by atoms with Crippen LogP contribution in [0.5, 0.6) is 0 Å². The number of alkyl halides is 1. The highest BCUT2D eigenvalue weighted by Crippen LogP contribution is 2.15. The molecule has 1 amide bonds. The Morgan fingerprint density at radius 1 is 1.67 bits per heavy atom.